The third kappa shape index (κ3) is 3.08. The maximum absolute atomic E-state index is 12.9. The van der Waals surface area contributed by atoms with Crippen molar-refractivity contribution in [3.8, 4) is 0 Å². The van der Waals surface area contributed by atoms with E-state index in [1.165, 1.54) is 12.1 Å². The molecule has 1 aliphatic heterocycles. The molecule has 0 unspecified atom stereocenters. The molecule has 0 spiro atoms. The predicted octanol–water partition coefficient (Wildman–Crippen LogP) is 2.11. The molecular formula is C17H18FN3O. The SMILES string of the molecule is CN(C(=O)Cc1ccc(F)cc1)C1CN(c2ccccn2)C1. The molecule has 3 rings (SSSR count). The third-order valence-electron chi connectivity index (χ3n) is 4.05. The summed E-state index contributed by atoms with van der Waals surface area (Å²) in [7, 11) is 1.83. The van der Waals surface area contributed by atoms with E-state index in [0.29, 0.717) is 6.42 Å². The molecule has 0 saturated carbocycles. The Morgan fingerprint density at radius 1 is 1.27 bits per heavy atom. The zero-order chi connectivity index (χ0) is 15.5. The second-order valence-electron chi connectivity index (χ2n) is 5.55. The normalized spacial score (nSPS) is 14.5. The van der Waals surface area contributed by atoms with E-state index in [4.69, 9.17) is 0 Å². The van der Waals surface area contributed by atoms with Crippen LogP contribution in [0.5, 0.6) is 0 Å². The Bertz CT molecular complexity index is 639. The van der Waals surface area contributed by atoms with E-state index < -0.39 is 0 Å². The highest BCUT2D eigenvalue weighted by molar-refractivity contribution is 5.79. The number of likely N-dealkylation sites (N-methyl/N-ethyl adjacent to an activating group) is 1. The van der Waals surface area contributed by atoms with Gasteiger partial charge in [0.15, 0.2) is 0 Å². The molecule has 0 aliphatic carbocycles. The Hall–Kier alpha value is -2.43. The number of carbonyl (C=O) groups is 1. The monoisotopic (exact) mass is 299 g/mol. The number of anilines is 1. The summed E-state index contributed by atoms with van der Waals surface area (Å²) in [5.41, 5.74) is 0.833. The minimum absolute atomic E-state index is 0.0530. The van der Waals surface area contributed by atoms with Gasteiger partial charge in [-0.15, -0.1) is 0 Å². The van der Waals surface area contributed by atoms with Gasteiger partial charge in [0.2, 0.25) is 5.91 Å². The van der Waals surface area contributed by atoms with Crippen LogP contribution in [0.4, 0.5) is 10.2 Å². The van der Waals surface area contributed by atoms with E-state index in [2.05, 4.69) is 9.88 Å². The molecule has 0 radical (unpaired) electrons. The van der Waals surface area contributed by atoms with Gasteiger partial charge in [-0.2, -0.15) is 0 Å². The van der Waals surface area contributed by atoms with E-state index in [0.717, 1.165) is 24.5 Å². The number of aromatic nitrogens is 1. The third-order valence-corrected chi connectivity index (χ3v) is 4.05. The topological polar surface area (TPSA) is 36.4 Å². The molecule has 1 aliphatic rings. The van der Waals surface area contributed by atoms with Gasteiger partial charge in [-0.25, -0.2) is 9.37 Å². The van der Waals surface area contributed by atoms with Crippen molar-refractivity contribution in [2.45, 2.75) is 12.5 Å². The Kier molecular flexibility index (Phi) is 4.04. The fourth-order valence-corrected chi connectivity index (χ4v) is 2.53. The van der Waals surface area contributed by atoms with E-state index in [9.17, 15) is 9.18 Å². The van der Waals surface area contributed by atoms with Gasteiger partial charge in [-0.1, -0.05) is 18.2 Å². The van der Waals surface area contributed by atoms with Gasteiger partial charge in [-0.05, 0) is 29.8 Å². The van der Waals surface area contributed by atoms with Gasteiger partial charge < -0.3 is 9.80 Å². The molecule has 2 aromatic rings. The molecule has 22 heavy (non-hydrogen) atoms. The van der Waals surface area contributed by atoms with Crippen LogP contribution in [0.1, 0.15) is 5.56 Å². The average Bonchev–Trinajstić information content (AvgIpc) is 2.49. The van der Waals surface area contributed by atoms with Crippen molar-refractivity contribution in [1.29, 1.82) is 0 Å². The Balaban J connectivity index is 1.53. The minimum atomic E-state index is -0.283. The molecule has 0 bridgehead atoms. The lowest BCUT2D eigenvalue weighted by molar-refractivity contribution is -0.131. The first-order valence-electron chi connectivity index (χ1n) is 7.29. The van der Waals surface area contributed by atoms with E-state index >= 15 is 0 Å². The number of rotatable bonds is 4. The number of hydrogen-bond acceptors (Lipinski definition) is 3. The van der Waals surface area contributed by atoms with Crippen molar-refractivity contribution < 1.29 is 9.18 Å². The minimum Gasteiger partial charge on any atom is -0.352 e. The van der Waals surface area contributed by atoms with Crippen LogP contribution in [-0.2, 0) is 11.2 Å². The van der Waals surface area contributed by atoms with Gasteiger partial charge in [0.1, 0.15) is 11.6 Å². The van der Waals surface area contributed by atoms with Crippen LogP contribution >= 0.6 is 0 Å². The molecule has 1 saturated heterocycles. The molecular weight excluding hydrogens is 281 g/mol. The first-order valence-corrected chi connectivity index (χ1v) is 7.29. The van der Waals surface area contributed by atoms with Gasteiger partial charge in [0, 0.05) is 26.3 Å². The molecule has 1 aromatic heterocycles. The highest BCUT2D eigenvalue weighted by atomic mass is 19.1. The lowest BCUT2D eigenvalue weighted by atomic mass is 10.1. The number of amides is 1. The van der Waals surface area contributed by atoms with E-state index in [1.807, 2.05) is 25.2 Å². The fourth-order valence-electron chi connectivity index (χ4n) is 2.53. The molecule has 114 valence electrons. The van der Waals surface area contributed by atoms with Gasteiger partial charge in [0.05, 0.1) is 12.5 Å². The Morgan fingerprint density at radius 2 is 2.00 bits per heavy atom. The average molecular weight is 299 g/mol. The van der Waals surface area contributed by atoms with Crippen LogP contribution in [0.3, 0.4) is 0 Å². The summed E-state index contributed by atoms with van der Waals surface area (Å²) in [5.74, 6) is 0.713. The zero-order valence-corrected chi connectivity index (χ0v) is 12.4. The summed E-state index contributed by atoms with van der Waals surface area (Å²) in [6.45, 7) is 1.59. The quantitative estimate of drug-likeness (QED) is 0.867. The summed E-state index contributed by atoms with van der Waals surface area (Å²) >= 11 is 0. The summed E-state index contributed by atoms with van der Waals surface area (Å²) < 4.78 is 12.9. The van der Waals surface area contributed by atoms with Crippen molar-refractivity contribution in [2.75, 3.05) is 25.0 Å². The highest BCUT2D eigenvalue weighted by Crippen LogP contribution is 2.21. The van der Waals surface area contributed by atoms with Crippen LogP contribution < -0.4 is 4.90 Å². The lowest BCUT2D eigenvalue weighted by Gasteiger charge is -2.44. The first-order chi connectivity index (χ1) is 10.6. The molecule has 1 fully saturated rings. The number of nitrogens with zero attached hydrogens (tertiary/aromatic N) is 3. The maximum Gasteiger partial charge on any atom is 0.227 e. The summed E-state index contributed by atoms with van der Waals surface area (Å²) in [6, 6.07) is 12.1. The van der Waals surface area contributed by atoms with Crippen molar-refractivity contribution in [1.82, 2.24) is 9.88 Å². The standard InChI is InChI=1S/C17H18FN3O/c1-20(17(22)10-13-5-7-14(18)8-6-13)15-11-21(12-15)16-4-2-3-9-19-16/h2-9,15H,10-12H2,1H3. The Morgan fingerprint density at radius 3 is 2.64 bits per heavy atom. The second-order valence-corrected chi connectivity index (χ2v) is 5.55. The van der Waals surface area contributed by atoms with Crippen molar-refractivity contribution in [3.05, 3.63) is 60.0 Å². The van der Waals surface area contributed by atoms with Crippen molar-refractivity contribution in [2.24, 2.45) is 0 Å². The molecule has 0 N–H and O–H groups in total. The number of hydrogen-bond donors (Lipinski definition) is 0. The van der Waals surface area contributed by atoms with E-state index in [1.54, 1.807) is 23.2 Å². The largest absolute Gasteiger partial charge is 0.352 e. The molecule has 4 nitrogen and oxygen atoms in total. The van der Waals surface area contributed by atoms with Crippen LogP contribution in [0.2, 0.25) is 0 Å². The lowest BCUT2D eigenvalue weighted by Crippen LogP contribution is -2.60. The predicted molar refractivity (Wildman–Crippen MR) is 83.1 cm³/mol. The number of carbonyl (C=O) groups excluding carboxylic acids is 1. The molecule has 1 amide bonds. The van der Waals surface area contributed by atoms with Crippen molar-refractivity contribution >= 4 is 11.7 Å². The molecule has 5 heteroatoms. The molecule has 0 atom stereocenters. The maximum atomic E-state index is 12.9. The summed E-state index contributed by atoms with van der Waals surface area (Å²) in [5, 5.41) is 0. The van der Waals surface area contributed by atoms with Gasteiger partial charge in [0.25, 0.3) is 0 Å². The number of halogens is 1. The van der Waals surface area contributed by atoms with Crippen LogP contribution in [0, 0.1) is 5.82 Å². The number of benzene rings is 1. The van der Waals surface area contributed by atoms with Crippen molar-refractivity contribution in [3.63, 3.8) is 0 Å². The second kappa shape index (κ2) is 6.13. The molecule has 2 heterocycles. The highest BCUT2D eigenvalue weighted by Gasteiger charge is 2.32. The zero-order valence-electron chi connectivity index (χ0n) is 12.4. The smallest absolute Gasteiger partial charge is 0.227 e. The Labute approximate surface area is 129 Å². The van der Waals surface area contributed by atoms with Crippen LogP contribution in [-0.4, -0.2) is 42.0 Å². The van der Waals surface area contributed by atoms with Gasteiger partial charge >= 0.3 is 0 Å². The summed E-state index contributed by atoms with van der Waals surface area (Å²) in [6.07, 6.45) is 2.07. The number of pyridine rings is 1. The van der Waals surface area contributed by atoms with Crippen LogP contribution in [0.15, 0.2) is 48.7 Å². The van der Waals surface area contributed by atoms with E-state index in [-0.39, 0.29) is 17.8 Å². The molecule has 1 aromatic carbocycles. The van der Waals surface area contributed by atoms with Crippen LogP contribution in [0.25, 0.3) is 0 Å². The van der Waals surface area contributed by atoms with Gasteiger partial charge in [-0.3, -0.25) is 4.79 Å². The fraction of sp³-hybridized carbons (Fsp3) is 0.294. The first kappa shape index (κ1) is 14.5. The summed E-state index contributed by atoms with van der Waals surface area (Å²) in [4.78, 5) is 20.5.